The van der Waals surface area contributed by atoms with Crippen molar-refractivity contribution in [1.82, 2.24) is 14.9 Å². The number of carboxylic acid groups (broad SMARTS) is 1. The molecule has 1 amide bonds. The average molecular weight is 500 g/mol. The molecule has 2 aliphatic rings. The van der Waals surface area contributed by atoms with E-state index in [4.69, 9.17) is 23.4 Å². The summed E-state index contributed by atoms with van der Waals surface area (Å²) >= 11 is 0. The summed E-state index contributed by atoms with van der Waals surface area (Å²) < 4.78 is 22.8. The third kappa shape index (κ3) is 5.19. The van der Waals surface area contributed by atoms with Crippen LogP contribution < -0.4 is 16.6 Å². The molecule has 14 nitrogen and oxygen atoms in total. The van der Waals surface area contributed by atoms with E-state index in [1.165, 1.54) is 0 Å². The van der Waals surface area contributed by atoms with Gasteiger partial charge in [-0.2, -0.15) is 13.9 Å². The molecule has 3 heterocycles. The van der Waals surface area contributed by atoms with E-state index in [0.29, 0.717) is 5.56 Å². The highest BCUT2D eigenvalue weighted by Crippen LogP contribution is 2.64. The van der Waals surface area contributed by atoms with Crippen molar-refractivity contribution < 1.29 is 43.3 Å². The second-order valence-electron chi connectivity index (χ2n) is 7.62. The SMILES string of the molecule is O=C(O)N[C@H]1CO[P+](O)(OC[C@H]2OC(n3ccc(=O)[nH]c3=O)C(O)C2O)O[C@@H]1c1ccccc1. The molecule has 2 aromatic rings. The van der Waals surface area contributed by atoms with Crippen molar-refractivity contribution in [2.45, 2.75) is 36.7 Å². The standard InChI is InChI=1S/C19H22N3O11P/c23-13-6-7-22(18(26)21-13)17-15(25)14(24)12(32-17)9-31-34(29)30-8-11(20-19(27)28)16(33-34)10-4-2-1-3-5-10/h1-7,11-12,14-17,20,24-25,29H,8-9H2,(H-,21,23,26,27,28)/p+1/t11-,12+,14?,15?,16+,17?,34?/m0/s1. The lowest BCUT2D eigenvalue weighted by molar-refractivity contribution is -0.0701. The summed E-state index contributed by atoms with van der Waals surface area (Å²) in [6.45, 7) is -0.752. The first-order valence-electron chi connectivity index (χ1n) is 10.1. The Balaban J connectivity index is 1.45. The van der Waals surface area contributed by atoms with E-state index in [1.54, 1.807) is 30.3 Å². The molecule has 0 aliphatic carbocycles. The van der Waals surface area contributed by atoms with E-state index >= 15 is 0 Å². The van der Waals surface area contributed by atoms with Crippen LogP contribution in [0.1, 0.15) is 17.9 Å². The predicted octanol–water partition coefficient (Wildman–Crippen LogP) is -0.733. The minimum Gasteiger partial charge on any atom is -0.465 e. The summed E-state index contributed by atoms with van der Waals surface area (Å²) in [7, 11) is -3.99. The lowest BCUT2D eigenvalue weighted by Gasteiger charge is -2.32. The molecular weight excluding hydrogens is 477 g/mol. The van der Waals surface area contributed by atoms with Gasteiger partial charge in [0, 0.05) is 12.3 Å². The van der Waals surface area contributed by atoms with Crippen LogP contribution in [0.4, 0.5) is 4.79 Å². The molecule has 2 saturated heterocycles. The molecule has 1 aromatic carbocycles. The smallest absolute Gasteiger partial charge is 0.465 e. The quantitative estimate of drug-likeness (QED) is 0.273. The van der Waals surface area contributed by atoms with Crippen LogP contribution >= 0.6 is 8.17 Å². The van der Waals surface area contributed by atoms with E-state index in [1.807, 2.05) is 4.98 Å². The molecule has 4 unspecified atom stereocenters. The maximum Gasteiger partial charge on any atom is 0.573 e. The molecule has 2 aliphatic heterocycles. The maximum atomic E-state index is 12.0. The number of amides is 1. The first kappa shape index (κ1) is 24.4. The number of ether oxygens (including phenoxy) is 1. The van der Waals surface area contributed by atoms with Crippen LogP contribution in [0.15, 0.2) is 52.2 Å². The number of aromatic nitrogens is 2. The van der Waals surface area contributed by atoms with Gasteiger partial charge in [-0.3, -0.25) is 14.3 Å². The summed E-state index contributed by atoms with van der Waals surface area (Å²) in [6, 6.07) is 8.77. The molecular formula is C19H23N3O11P+. The summed E-state index contributed by atoms with van der Waals surface area (Å²) in [5, 5.41) is 32.0. The zero-order chi connectivity index (χ0) is 24.5. The van der Waals surface area contributed by atoms with E-state index in [-0.39, 0.29) is 6.61 Å². The number of aliphatic hydroxyl groups is 2. The molecule has 6 N–H and O–H groups in total. The Labute approximate surface area is 192 Å². The first-order chi connectivity index (χ1) is 16.2. The van der Waals surface area contributed by atoms with Gasteiger partial charge >= 0.3 is 20.0 Å². The number of aromatic amines is 1. The van der Waals surface area contributed by atoms with Gasteiger partial charge in [0.1, 0.15) is 31.5 Å². The van der Waals surface area contributed by atoms with Gasteiger partial charge in [0.05, 0.1) is 6.04 Å². The number of hydrogen-bond donors (Lipinski definition) is 6. The molecule has 0 spiro atoms. The molecule has 15 heteroatoms. The van der Waals surface area contributed by atoms with Crippen LogP contribution in [0.3, 0.4) is 0 Å². The van der Waals surface area contributed by atoms with Crippen molar-refractivity contribution >= 4 is 14.3 Å². The number of nitrogens with zero attached hydrogens (tertiary/aromatic N) is 1. The second kappa shape index (κ2) is 9.90. The number of carbonyl (C=O) groups is 1. The molecule has 7 atom stereocenters. The molecule has 1 aromatic heterocycles. The highest BCUT2D eigenvalue weighted by atomic mass is 31.2. The lowest BCUT2D eigenvalue weighted by Crippen LogP contribution is -2.45. The topological polar surface area (TPSA) is 202 Å². The van der Waals surface area contributed by atoms with E-state index in [0.717, 1.165) is 16.8 Å². The predicted molar refractivity (Wildman–Crippen MR) is 114 cm³/mol. The van der Waals surface area contributed by atoms with Crippen molar-refractivity contribution in [3.05, 3.63) is 69.0 Å². The lowest BCUT2D eigenvalue weighted by atomic mass is 10.0. The Morgan fingerprint density at radius 2 is 1.94 bits per heavy atom. The summed E-state index contributed by atoms with van der Waals surface area (Å²) in [5.41, 5.74) is -0.925. The highest BCUT2D eigenvalue weighted by molar-refractivity contribution is 7.55. The number of aliphatic hydroxyl groups excluding tert-OH is 2. The third-order valence-electron chi connectivity index (χ3n) is 5.33. The van der Waals surface area contributed by atoms with Gasteiger partial charge in [0.25, 0.3) is 5.56 Å². The number of hydrogen-bond acceptors (Lipinski definition) is 10. The van der Waals surface area contributed by atoms with Crippen molar-refractivity contribution in [2.24, 2.45) is 0 Å². The van der Waals surface area contributed by atoms with Gasteiger partial charge in [0.15, 0.2) is 12.3 Å². The maximum absolute atomic E-state index is 12.0. The molecule has 0 bridgehead atoms. The number of benzene rings is 1. The second-order valence-corrected chi connectivity index (χ2v) is 9.28. The summed E-state index contributed by atoms with van der Waals surface area (Å²) in [4.78, 5) is 47.2. The van der Waals surface area contributed by atoms with E-state index in [9.17, 15) is 29.5 Å². The third-order valence-corrected chi connectivity index (χ3v) is 6.78. The monoisotopic (exact) mass is 500 g/mol. The zero-order valence-electron chi connectivity index (χ0n) is 17.5. The Morgan fingerprint density at radius 1 is 1.21 bits per heavy atom. The van der Waals surface area contributed by atoms with Crippen LogP contribution in [0, 0.1) is 0 Å². The Bertz CT molecular complexity index is 1130. The van der Waals surface area contributed by atoms with Crippen LogP contribution in [0.2, 0.25) is 0 Å². The molecule has 4 rings (SSSR count). The van der Waals surface area contributed by atoms with Gasteiger partial charge in [-0.15, -0.1) is 4.52 Å². The minimum atomic E-state index is -3.99. The summed E-state index contributed by atoms with van der Waals surface area (Å²) in [5.74, 6) is 0. The van der Waals surface area contributed by atoms with E-state index in [2.05, 4.69) is 5.32 Å². The zero-order valence-corrected chi connectivity index (χ0v) is 18.4. The molecule has 0 saturated carbocycles. The minimum absolute atomic E-state index is 0.262. The van der Waals surface area contributed by atoms with Crippen molar-refractivity contribution in [2.75, 3.05) is 13.2 Å². The Hall–Kier alpha value is -2.68. The summed E-state index contributed by atoms with van der Waals surface area (Å²) in [6.07, 6.45) is -6.69. The normalized spacial score (nSPS) is 33.5. The van der Waals surface area contributed by atoms with Gasteiger partial charge < -0.3 is 25.4 Å². The first-order valence-corrected chi connectivity index (χ1v) is 11.6. The Kier molecular flexibility index (Phi) is 7.12. The van der Waals surface area contributed by atoms with Crippen molar-refractivity contribution in [3.8, 4) is 0 Å². The fourth-order valence-electron chi connectivity index (χ4n) is 3.68. The van der Waals surface area contributed by atoms with Crippen LogP contribution in [-0.4, -0.2) is 73.4 Å². The molecule has 184 valence electrons. The number of nitrogens with one attached hydrogen (secondary N) is 2. The van der Waals surface area contributed by atoms with Crippen LogP contribution in [0.5, 0.6) is 0 Å². The van der Waals surface area contributed by atoms with Crippen molar-refractivity contribution in [3.63, 3.8) is 0 Å². The number of H-pyrrole nitrogens is 1. The van der Waals surface area contributed by atoms with Gasteiger partial charge in [-0.25, -0.2) is 9.59 Å². The molecule has 0 radical (unpaired) electrons. The van der Waals surface area contributed by atoms with Crippen LogP contribution in [0.25, 0.3) is 0 Å². The van der Waals surface area contributed by atoms with Gasteiger partial charge in [0.2, 0.25) is 0 Å². The Morgan fingerprint density at radius 3 is 2.62 bits per heavy atom. The fourth-order valence-corrected chi connectivity index (χ4v) is 5.12. The van der Waals surface area contributed by atoms with Gasteiger partial charge in [-0.1, -0.05) is 30.3 Å². The van der Waals surface area contributed by atoms with Crippen LogP contribution in [-0.2, 0) is 18.3 Å². The molecule has 2 fully saturated rings. The van der Waals surface area contributed by atoms with Gasteiger partial charge in [-0.05, 0) is 5.56 Å². The van der Waals surface area contributed by atoms with E-state index < -0.39 is 68.8 Å². The van der Waals surface area contributed by atoms with Crippen molar-refractivity contribution in [1.29, 1.82) is 0 Å². The largest absolute Gasteiger partial charge is 0.573 e. The number of rotatable bonds is 6. The fraction of sp³-hybridized carbons (Fsp3) is 0.421. The highest BCUT2D eigenvalue weighted by Gasteiger charge is 2.56. The molecule has 34 heavy (non-hydrogen) atoms. The average Bonchev–Trinajstić information content (AvgIpc) is 3.08.